The van der Waals surface area contributed by atoms with Crippen LogP contribution in [0.1, 0.15) is 15.9 Å². The van der Waals surface area contributed by atoms with Crippen molar-refractivity contribution < 1.29 is 18.1 Å². The first kappa shape index (κ1) is 18.7. The van der Waals surface area contributed by atoms with Crippen molar-refractivity contribution in [3.05, 3.63) is 77.9 Å². The average Bonchev–Trinajstić information content (AvgIpc) is 2.67. The van der Waals surface area contributed by atoms with E-state index in [2.05, 4.69) is 15.3 Å². The Kier molecular flexibility index (Phi) is 5.87. The van der Waals surface area contributed by atoms with Crippen molar-refractivity contribution in [2.75, 3.05) is 6.26 Å². The number of halogens is 1. The summed E-state index contributed by atoms with van der Waals surface area (Å²) in [4.78, 5) is 20.7. The Bertz CT molecular complexity index is 983. The Morgan fingerprint density at radius 2 is 1.93 bits per heavy atom. The molecule has 3 rings (SSSR count). The van der Waals surface area contributed by atoms with Gasteiger partial charge < -0.3 is 10.1 Å². The van der Waals surface area contributed by atoms with Gasteiger partial charge in [-0.2, -0.15) is 0 Å². The molecule has 0 spiro atoms. The highest BCUT2D eigenvalue weighted by molar-refractivity contribution is 7.84. The molecule has 1 aromatic heterocycles. The minimum absolute atomic E-state index is 0.126. The molecular weight excluding hydrogens is 369 g/mol. The van der Waals surface area contributed by atoms with E-state index in [1.807, 2.05) is 0 Å². The van der Waals surface area contributed by atoms with Gasteiger partial charge in [0.15, 0.2) is 0 Å². The molecule has 8 heteroatoms. The van der Waals surface area contributed by atoms with E-state index in [0.717, 1.165) is 0 Å². The first-order valence-corrected chi connectivity index (χ1v) is 9.54. The molecule has 2 aromatic carbocycles. The van der Waals surface area contributed by atoms with E-state index in [0.29, 0.717) is 21.8 Å². The van der Waals surface area contributed by atoms with Gasteiger partial charge in [0, 0.05) is 35.7 Å². The Balaban J connectivity index is 1.70. The molecule has 1 heterocycles. The molecule has 3 aromatic rings. The lowest BCUT2D eigenvalue weighted by molar-refractivity contribution is 0.0950. The van der Waals surface area contributed by atoms with Crippen LogP contribution in [0.2, 0.25) is 0 Å². The Morgan fingerprint density at radius 1 is 1.15 bits per heavy atom. The predicted octanol–water partition coefficient (Wildman–Crippen LogP) is 3.08. The first-order chi connectivity index (χ1) is 13.0. The second-order valence-electron chi connectivity index (χ2n) is 5.55. The minimum atomic E-state index is -1.36. The van der Waals surface area contributed by atoms with Gasteiger partial charge in [0.1, 0.15) is 11.6 Å². The van der Waals surface area contributed by atoms with Crippen LogP contribution >= 0.6 is 0 Å². The molecule has 0 saturated carbocycles. The van der Waals surface area contributed by atoms with Crippen LogP contribution in [0.25, 0.3) is 0 Å². The molecule has 0 aliphatic rings. The zero-order valence-corrected chi connectivity index (χ0v) is 15.2. The molecule has 1 unspecified atom stereocenters. The summed E-state index contributed by atoms with van der Waals surface area (Å²) in [6.45, 7) is 0.126. The number of hydrogen-bond donors (Lipinski definition) is 1. The fraction of sp³-hybridized carbons (Fsp3) is 0.105. The highest BCUT2D eigenvalue weighted by Gasteiger charge is 2.11. The van der Waals surface area contributed by atoms with E-state index in [9.17, 15) is 13.4 Å². The lowest BCUT2D eigenvalue weighted by atomic mass is 10.2. The van der Waals surface area contributed by atoms with Crippen LogP contribution in [0.3, 0.4) is 0 Å². The van der Waals surface area contributed by atoms with E-state index in [1.54, 1.807) is 42.7 Å². The largest absolute Gasteiger partial charge is 0.424 e. The van der Waals surface area contributed by atoms with Crippen LogP contribution < -0.4 is 10.1 Å². The zero-order valence-electron chi connectivity index (χ0n) is 14.4. The van der Waals surface area contributed by atoms with Gasteiger partial charge in [0.25, 0.3) is 5.91 Å². The number of rotatable bonds is 6. The molecule has 6 nitrogen and oxygen atoms in total. The number of hydrogen-bond acceptors (Lipinski definition) is 5. The van der Waals surface area contributed by atoms with Gasteiger partial charge in [-0.3, -0.25) is 9.00 Å². The summed E-state index contributed by atoms with van der Waals surface area (Å²) in [6.07, 6.45) is 4.57. The number of amides is 1. The topological polar surface area (TPSA) is 81.2 Å². The highest BCUT2D eigenvalue weighted by atomic mass is 32.2. The van der Waals surface area contributed by atoms with Crippen molar-refractivity contribution in [1.82, 2.24) is 15.3 Å². The molecule has 0 aliphatic heterocycles. The molecule has 0 fully saturated rings. The van der Waals surface area contributed by atoms with Crippen molar-refractivity contribution in [1.29, 1.82) is 0 Å². The van der Waals surface area contributed by atoms with Crippen LogP contribution in [0.15, 0.2) is 65.8 Å². The Morgan fingerprint density at radius 3 is 2.67 bits per heavy atom. The fourth-order valence-corrected chi connectivity index (χ4v) is 3.15. The quantitative estimate of drug-likeness (QED) is 0.705. The number of carbonyl (C=O) groups excluding carboxylic acids is 1. The molecule has 1 N–H and O–H groups in total. The molecule has 0 radical (unpaired) electrons. The van der Waals surface area contributed by atoms with E-state index in [-0.39, 0.29) is 18.5 Å². The van der Waals surface area contributed by atoms with E-state index in [4.69, 9.17) is 4.74 Å². The monoisotopic (exact) mass is 385 g/mol. The van der Waals surface area contributed by atoms with Gasteiger partial charge in [-0.05, 0) is 42.0 Å². The molecule has 0 aliphatic carbocycles. The summed E-state index contributed by atoms with van der Waals surface area (Å²) >= 11 is 0. The van der Waals surface area contributed by atoms with Gasteiger partial charge in [-0.15, -0.1) is 0 Å². The highest BCUT2D eigenvalue weighted by Crippen LogP contribution is 2.19. The standard InChI is InChI=1S/C19H16FN3O3S/c1-27(25)17-11-15(20)7-6-14(17)12-23-18(24)13-4-2-5-16(10-13)26-19-21-8-3-9-22-19/h2-11H,12H2,1H3,(H,23,24). The molecular formula is C19H16FN3O3S. The molecule has 0 bridgehead atoms. The number of benzene rings is 2. The van der Waals surface area contributed by atoms with Gasteiger partial charge in [0.05, 0.1) is 10.8 Å². The molecule has 0 saturated heterocycles. The Labute approximate surface area is 157 Å². The van der Waals surface area contributed by atoms with E-state index in [1.165, 1.54) is 24.5 Å². The summed E-state index contributed by atoms with van der Waals surface area (Å²) in [7, 11) is -1.36. The van der Waals surface area contributed by atoms with Crippen LogP contribution in [-0.2, 0) is 17.3 Å². The van der Waals surface area contributed by atoms with Crippen molar-refractivity contribution in [2.45, 2.75) is 11.4 Å². The van der Waals surface area contributed by atoms with Crippen LogP contribution in [0.5, 0.6) is 11.8 Å². The maximum absolute atomic E-state index is 13.3. The van der Waals surface area contributed by atoms with Gasteiger partial charge >= 0.3 is 6.01 Å². The van der Waals surface area contributed by atoms with Gasteiger partial charge in [-0.1, -0.05) is 12.1 Å². The lowest BCUT2D eigenvalue weighted by Crippen LogP contribution is -2.23. The number of aromatic nitrogens is 2. The molecule has 1 amide bonds. The van der Waals surface area contributed by atoms with Crippen LogP contribution in [0, 0.1) is 5.82 Å². The zero-order chi connectivity index (χ0) is 19.2. The predicted molar refractivity (Wildman–Crippen MR) is 98.5 cm³/mol. The molecule has 138 valence electrons. The van der Waals surface area contributed by atoms with Crippen molar-refractivity contribution in [3.63, 3.8) is 0 Å². The SMILES string of the molecule is CS(=O)c1cc(F)ccc1CNC(=O)c1cccc(Oc2ncccn2)c1. The van der Waals surface area contributed by atoms with E-state index < -0.39 is 16.6 Å². The molecule has 1 atom stereocenters. The number of nitrogens with zero attached hydrogens (tertiary/aromatic N) is 2. The van der Waals surface area contributed by atoms with Crippen LogP contribution in [-0.4, -0.2) is 26.3 Å². The second kappa shape index (κ2) is 8.50. The minimum Gasteiger partial charge on any atom is -0.424 e. The number of nitrogens with one attached hydrogen (secondary N) is 1. The van der Waals surface area contributed by atoms with Gasteiger partial charge in [-0.25, -0.2) is 14.4 Å². The maximum Gasteiger partial charge on any atom is 0.321 e. The van der Waals surface area contributed by atoms with Crippen molar-refractivity contribution >= 4 is 16.7 Å². The second-order valence-corrected chi connectivity index (χ2v) is 6.90. The lowest BCUT2D eigenvalue weighted by Gasteiger charge is -2.10. The summed E-state index contributed by atoms with van der Waals surface area (Å²) in [5, 5.41) is 2.74. The van der Waals surface area contributed by atoms with Crippen molar-refractivity contribution in [3.8, 4) is 11.8 Å². The smallest absolute Gasteiger partial charge is 0.321 e. The van der Waals surface area contributed by atoms with Crippen LogP contribution in [0.4, 0.5) is 4.39 Å². The first-order valence-electron chi connectivity index (χ1n) is 7.98. The number of carbonyl (C=O) groups is 1. The Hall–Kier alpha value is -3.13. The summed E-state index contributed by atoms with van der Waals surface area (Å²) in [5.41, 5.74) is 0.973. The van der Waals surface area contributed by atoms with Gasteiger partial charge in [0.2, 0.25) is 0 Å². The van der Waals surface area contributed by atoms with E-state index >= 15 is 0 Å². The average molecular weight is 385 g/mol. The summed E-state index contributed by atoms with van der Waals surface area (Å²) < 4.78 is 30.6. The number of ether oxygens (including phenoxy) is 1. The maximum atomic E-state index is 13.3. The third-order valence-corrected chi connectivity index (χ3v) is 4.63. The third-order valence-electron chi connectivity index (χ3n) is 3.63. The third kappa shape index (κ3) is 4.95. The molecule has 27 heavy (non-hydrogen) atoms. The normalized spacial score (nSPS) is 11.6. The van der Waals surface area contributed by atoms with Crippen molar-refractivity contribution in [2.24, 2.45) is 0 Å². The fourth-order valence-electron chi connectivity index (χ4n) is 2.36. The summed E-state index contributed by atoms with van der Waals surface area (Å²) in [5.74, 6) is -0.388. The summed E-state index contributed by atoms with van der Waals surface area (Å²) in [6, 6.07) is 12.4.